The number of aliphatic hydroxyl groups excluding tert-OH is 2. The Hall–Kier alpha value is -2.18. The summed E-state index contributed by atoms with van der Waals surface area (Å²) in [5.41, 5.74) is 0. The lowest BCUT2D eigenvalue weighted by atomic mass is 10.0. The number of amides is 1. The summed E-state index contributed by atoms with van der Waals surface area (Å²) in [6.45, 7) is 6.46. The monoisotopic (exact) mass is 926 g/mol. The highest BCUT2D eigenvalue weighted by atomic mass is 16.5. The maximum absolute atomic E-state index is 13.2. The molecule has 3 atom stereocenters. The van der Waals surface area contributed by atoms with Crippen LogP contribution in [0.4, 0.5) is 0 Å². The number of ether oxygens (including phenoxy) is 1. The van der Waals surface area contributed by atoms with Crippen molar-refractivity contribution in [3.05, 3.63) is 48.6 Å². The molecule has 0 saturated carbocycles. The van der Waals surface area contributed by atoms with Crippen LogP contribution in [-0.2, 0) is 14.3 Å². The van der Waals surface area contributed by atoms with Crippen molar-refractivity contribution in [2.24, 2.45) is 0 Å². The van der Waals surface area contributed by atoms with Gasteiger partial charge in [-0.3, -0.25) is 9.59 Å². The minimum Gasteiger partial charge on any atom is -0.462 e. The van der Waals surface area contributed by atoms with E-state index in [-0.39, 0.29) is 24.9 Å². The third-order valence-electron chi connectivity index (χ3n) is 13.1. The molecule has 0 aliphatic rings. The highest BCUT2D eigenvalue weighted by Gasteiger charge is 2.24. The first kappa shape index (κ1) is 63.8. The van der Waals surface area contributed by atoms with Gasteiger partial charge in [0, 0.05) is 6.42 Å². The number of esters is 1. The summed E-state index contributed by atoms with van der Waals surface area (Å²) >= 11 is 0. The Balaban J connectivity index is 4.58. The first-order valence-corrected chi connectivity index (χ1v) is 28.9. The van der Waals surface area contributed by atoms with Gasteiger partial charge in [0.25, 0.3) is 0 Å². The minimum atomic E-state index is -0.794. The Morgan fingerprint density at radius 2 is 0.773 bits per heavy atom. The molecule has 0 saturated heterocycles. The molecule has 0 aromatic carbocycles. The van der Waals surface area contributed by atoms with Gasteiger partial charge in [0.2, 0.25) is 5.91 Å². The third-order valence-corrected chi connectivity index (χ3v) is 13.1. The van der Waals surface area contributed by atoms with Crippen molar-refractivity contribution in [2.45, 2.75) is 315 Å². The zero-order valence-electron chi connectivity index (χ0n) is 44.1. The minimum absolute atomic E-state index is 0.0633. The van der Waals surface area contributed by atoms with Gasteiger partial charge in [-0.2, -0.15) is 0 Å². The normalized spacial score (nSPS) is 13.5. The second-order valence-corrected chi connectivity index (χ2v) is 19.7. The van der Waals surface area contributed by atoms with Crippen LogP contribution in [0.3, 0.4) is 0 Å². The van der Waals surface area contributed by atoms with Crippen molar-refractivity contribution in [3.63, 3.8) is 0 Å². The molecule has 6 nitrogen and oxygen atoms in total. The van der Waals surface area contributed by atoms with E-state index < -0.39 is 18.2 Å². The largest absolute Gasteiger partial charge is 0.462 e. The number of nitrogens with one attached hydrogen (secondary N) is 1. The van der Waals surface area contributed by atoms with Gasteiger partial charge in [-0.1, -0.05) is 243 Å². The Morgan fingerprint density at radius 3 is 1.21 bits per heavy atom. The van der Waals surface area contributed by atoms with E-state index >= 15 is 0 Å². The third kappa shape index (κ3) is 48.3. The van der Waals surface area contributed by atoms with Crippen molar-refractivity contribution in [1.82, 2.24) is 5.32 Å². The Morgan fingerprint density at radius 1 is 0.439 bits per heavy atom. The Bertz CT molecular complexity index is 1130. The Kier molecular flexibility index (Phi) is 52.0. The number of allylic oxidation sites excluding steroid dienone is 8. The molecule has 0 rings (SSSR count). The molecule has 0 spiro atoms. The summed E-state index contributed by atoms with van der Waals surface area (Å²) in [5.74, 6) is -0.488. The van der Waals surface area contributed by atoms with Crippen LogP contribution in [0.15, 0.2) is 48.6 Å². The molecule has 0 aromatic heterocycles. The fourth-order valence-electron chi connectivity index (χ4n) is 8.73. The van der Waals surface area contributed by atoms with Crippen molar-refractivity contribution in [3.8, 4) is 0 Å². The van der Waals surface area contributed by atoms with E-state index in [0.717, 1.165) is 83.5 Å². The number of aliphatic hydroxyl groups is 2. The molecular weight excluding hydrogens is 815 g/mol. The highest BCUT2D eigenvalue weighted by molar-refractivity contribution is 5.77. The average Bonchev–Trinajstić information content (AvgIpc) is 3.31. The van der Waals surface area contributed by atoms with E-state index in [0.29, 0.717) is 19.3 Å². The van der Waals surface area contributed by atoms with Gasteiger partial charge in [-0.05, 0) is 89.9 Å². The van der Waals surface area contributed by atoms with E-state index in [1.165, 1.54) is 167 Å². The summed E-state index contributed by atoms with van der Waals surface area (Å²) in [6, 6.07) is -0.709. The van der Waals surface area contributed by atoms with Crippen LogP contribution in [0.5, 0.6) is 0 Å². The second kappa shape index (κ2) is 53.8. The van der Waals surface area contributed by atoms with Crippen LogP contribution in [0, 0.1) is 0 Å². The van der Waals surface area contributed by atoms with Gasteiger partial charge in [-0.15, -0.1) is 0 Å². The van der Waals surface area contributed by atoms with Gasteiger partial charge in [0.1, 0.15) is 6.10 Å². The number of carbonyl (C=O) groups excluding carboxylic acids is 2. The van der Waals surface area contributed by atoms with Crippen LogP contribution in [-0.4, -0.2) is 46.9 Å². The molecular formula is C60H111NO5. The summed E-state index contributed by atoms with van der Waals surface area (Å²) < 4.78 is 5.96. The predicted molar refractivity (Wildman–Crippen MR) is 287 cm³/mol. The molecule has 0 radical (unpaired) electrons. The molecule has 3 unspecified atom stereocenters. The molecule has 1 amide bonds. The number of carbonyl (C=O) groups is 2. The molecule has 6 heteroatoms. The smallest absolute Gasteiger partial charge is 0.306 e. The molecule has 0 bridgehead atoms. The molecule has 0 aromatic rings. The number of rotatable bonds is 52. The zero-order valence-corrected chi connectivity index (χ0v) is 44.1. The molecule has 66 heavy (non-hydrogen) atoms. The molecule has 0 heterocycles. The first-order valence-electron chi connectivity index (χ1n) is 28.9. The van der Waals surface area contributed by atoms with Crippen LogP contribution < -0.4 is 5.32 Å². The van der Waals surface area contributed by atoms with Gasteiger partial charge in [0.05, 0.1) is 25.2 Å². The topological polar surface area (TPSA) is 95.9 Å². The lowest BCUT2D eigenvalue weighted by Crippen LogP contribution is -2.46. The summed E-state index contributed by atoms with van der Waals surface area (Å²) in [5, 5.41) is 23.8. The van der Waals surface area contributed by atoms with Crippen LogP contribution >= 0.6 is 0 Å². The maximum atomic E-state index is 13.2. The maximum Gasteiger partial charge on any atom is 0.306 e. The van der Waals surface area contributed by atoms with E-state index in [1.54, 1.807) is 0 Å². The molecule has 0 aliphatic carbocycles. The quantitative estimate of drug-likeness (QED) is 0.0321. The summed E-state index contributed by atoms with van der Waals surface area (Å²) in [7, 11) is 0. The second-order valence-electron chi connectivity index (χ2n) is 19.7. The lowest BCUT2D eigenvalue weighted by Gasteiger charge is -2.24. The van der Waals surface area contributed by atoms with Crippen molar-refractivity contribution < 1.29 is 24.5 Å². The number of hydrogen-bond acceptors (Lipinski definition) is 5. The summed E-state index contributed by atoms with van der Waals surface area (Å²) in [4.78, 5) is 26.3. The average molecular weight is 927 g/mol. The first-order chi connectivity index (χ1) is 32.5. The Labute approximate surface area is 410 Å². The lowest BCUT2D eigenvalue weighted by molar-refractivity contribution is -0.151. The standard InChI is InChI=1S/C60H111NO5/c1-4-7-10-13-16-19-22-24-26-28-29-31-33-35-38-41-44-47-50-53-60(65)66-56(51-48-45-42-39-37-34-32-30-27-25-23-20-17-14-11-8-5-2)54-59(64)61-57(55-62)58(63)52-49-46-43-40-36-21-18-15-12-9-6-3/h17,20,24-27,32,34,56-58,62-63H,4-16,18-19,21-23,28-31,33,35-55H2,1-3H3,(H,61,64)/b20-17-,26-24+,27-25-,34-32-. The van der Waals surface area contributed by atoms with Gasteiger partial charge >= 0.3 is 5.97 Å². The van der Waals surface area contributed by atoms with Crippen molar-refractivity contribution in [1.29, 1.82) is 0 Å². The van der Waals surface area contributed by atoms with Crippen LogP contribution in [0.25, 0.3) is 0 Å². The highest BCUT2D eigenvalue weighted by Crippen LogP contribution is 2.18. The van der Waals surface area contributed by atoms with Gasteiger partial charge < -0.3 is 20.3 Å². The number of unbranched alkanes of at least 4 members (excludes halogenated alkanes) is 32. The summed E-state index contributed by atoms with van der Waals surface area (Å²) in [6.07, 6.45) is 66.0. The fourth-order valence-corrected chi connectivity index (χ4v) is 8.73. The van der Waals surface area contributed by atoms with Gasteiger partial charge in [-0.25, -0.2) is 0 Å². The molecule has 0 aliphatic heterocycles. The van der Waals surface area contributed by atoms with E-state index in [4.69, 9.17) is 4.74 Å². The van der Waals surface area contributed by atoms with Crippen LogP contribution in [0.2, 0.25) is 0 Å². The number of hydrogen-bond donors (Lipinski definition) is 3. The fraction of sp³-hybridized carbons (Fsp3) is 0.833. The SMILES string of the molecule is CCCCC/C=C\C/C=C\C/C=C\CCCCCCC(CC(=O)NC(CO)C(O)CCCCCCCCCCCCC)OC(=O)CCCCCCCCCCC/C=C/CCCCCCCC. The molecule has 0 fully saturated rings. The molecule has 386 valence electrons. The van der Waals surface area contributed by atoms with Crippen LogP contribution in [0.1, 0.15) is 297 Å². The van der Waals surface area contributed by atoms with Crippen molar-refractivity contribution >= 4 is 11.9 Å². The van der Waals surface area contributed by atoms with E-state index in [9.17, 15) is 19.8 Å². The van der Waals surface area contributed by atoms with Crippen molar-refractivity contribution in [2.75, 3.05) is 6.61 Å². The molecule has 3 N–H and O–H groups in total. The van der Waals surface area contributed by atoms with E-state index in [2.05, 4.69) is 74.7 Å². The van der Waals surface area contributed by atoms with Gasteiger partial charge in [0.15, 0.2) is 0 Å². The van der Waals surface area contributed by atoms with E-state index in [1.807, 2.05) is 0 Å². The zero-order chi connectivity index (χ0) is 48.1. The predicted octanol–water partition coefficient (Wildman–Crippen LogP) is 17.8.